The van der Waals surface area contributed by atoms with Gasteiger partial charge in [0.1, 0.15) is 6.29 Å². The second-order valence-electron chi connectivity index (χ2n) is 1.62. The Morgan fingerprint density at radius 2 is 2.10 bits per heavy atom. The Hall–Kier alpha value is -0.420. The van der Waals surface area contributed by atoms with Gasteiger partial charge in [-0.3, -0.25) is 4.18 Å². The minimum atomic E-state index is -3.43. The highest BCUT2D eigenvalue weighted by Crippen LogP contribution is 1.93. The molecule has 10 heavy (non-hydrogen) atoms. The molecule has 0 rings (SSSR count). The Morgan fingerprint density at radius 3 is 2.50 bits per heavy atom. The lowest BCUT2D eigenvalue weighted by Crippen LogP contribution is -2.10. The number of carbonyl (C=O) groups excluding carboxylic acids is 1. The fraction of sp³-hybridized carbons (Fsp3) is 0.800. The van der Waals surface area contributed by atoms with E-state index in [9.17, 15) is 13.2 Å². The third-order valence-electron chi connectivity index (χ3n) is 0.783. The van der Waals surface area contributed by atoms with E-state index in [0.717, 1.165) is 0 Å². The largest absolute Gasteiger partial charge is 0.303 e. The third kappa shape index (κ3) is 4.46. The van der Waals surface area contributed by atoms with Crippen molar-refractivity contribution >= 4 is 16.4 Å². The lowest BCUT2D eigenvalue weighted by molar-refractivity contribution is -0.107. The lowest BCUT2D eigenvalue weighted by atomic mass is 10.6. The fourth-order valence-corrected chi connectivity index (χ4v) is 1.29. The number of carbonyl (C=O) groups is 1. The van der Waals surface area contributed by atoms with E-state index in [-0.39, 0.29) is 18.8 Å². The van der Waals surface area contributed by atoms with Gasteiger partial charge in [0.2, 0.25) is 0 Å². The summed E-state index contributed by atoms with van der Waals surface area (Å²) in [5, 5.41) is 0. The molecule has 0 bridgehead atoms. The summed E-state index contributed by atoms with van der Waals surface area (Å²) >= 11 is 0. The number of hydrogen-bond donors (Lipinski definition) is 0. The zero-order valence-corrected chi connectivity index (χ0v) is 6.56. The Bertz CT molecular complexity index is 182. The van der Waals surface area contributed by atoms with Crippen LogP contribution in [0.2, 0.25) is 0 Å². The molecule has 0 spiro atoms. The molecule has 0 N–H and O–H groups in total. The molecule has 0 aliphatic carbocycles. The molecule has 0 radical (unpaired) electrons. The van der Waals surface area contributed by atoms with E-state index < -0.39 is 10.1 Å². The van der Waals surface area contributed by atoms with Crippen LogP contribution in [-0.4, -0.2) is 27.1 Å². The summed E-state index contributed by atoms with van der Waals surface area (Å²) in [6.45, 7) is 1.71. The second kappa shape index (κ2) is 4.40. The molecule has 0 heterocycles. The van der Waals surface area contributed by atoms with Gasteiger partial charge in [-0.2, -0.15) is 8.42 Å². The van der Waals surface area contributed by atoms with Crippen molar-refractivity contribution in [1.82, 2.24) is 0 Å². The van der Waals surface area contributed by atoms with Crippen LogP contribution in [0.4, 0.5) is 0 Å². The summed E-state index contributed by atoms with van der Waals surface area (Å²) in [5.74, 6) is -0.218. The summed E-state index contributed by atoms with van der Waals surface area (Å²) in [4.78, 5) is 9.74. The molecule has 5 heteroatoms. The van der Waals surface area contributed by atoms with Crippen molar-refractivity contribution in [3.63, 3.8) is 0 Å². The molecular weight excluding hydrogens is 156 g/mol. The molecule has 0 aliphatic heterocycles. The molecule has 4 nitrogen and oxygen atoms in total. The van der Waals surface area contributed by atoms with Gasteiger partial charge in [-0.25, -0.2) is 0 Å². The number of aldehydes is 1. The van der Waals surface area contributed by atoms with E-state index in [1.807, 2.05) is 0 Å². The zero-order chi connectivity index (χ0) is 8.04. The Kier molecular flexibility index (Phi) is 4.22. The smallest absolute Gasteiger partial charge is 0.267 e. The molecule has 60 valence electrons. The molecule has 0 saturated heterocycles. The second-order valence-corrected chi connectivity index (χ2v) is 3.38. The predicted molar refractivity (Wildman–Crippen MR) is 36.1 cm³/mol. The first-order valence-corrected chi connectivity index (χ1v) is 4.51. The molecule has 0 fully saturated rings. The van der Waals surface area contributed by atoms with Gasteiger partial charge in [0.05, 0.1) is 12.4 Å². The van der Waals surface area contributed by atoms with Crippen molar-refractivity contribution in [3.05, 3.63) is 0 Å². The van der Waals surface area contributed by atoms with Crippen LogP contribution in [0.5, 0.6) is 0 Å². The Balaban J connectivity index is 3.76. The van der Waals surface area contributed by atoms with Crippen molar-refractivity contribution < 1.29 is 17.4 Å². The van der Waals surface area contributed by atoms with Crippen LogP contribution in [0.3, 0.4) is 0 Å². The van der Waals surface area contributed by atoms with Crippen LogP contribution in [0.1, 0.15) is 13.3 Å². The molecular formula is C5H10O4S. The van der Waals surface area contributed by atoms with Gasteiger partial charge < -0.3 is 4.79 Å². The summed E-state index contributed by atoms with van der Waals surface area (Å²) in [6, 6.07) is 0. The van der Waals surface area contributed by atoms with Gasteiger partial charge in [0.15, 0.2) is 0 Å². The van der Waals surface area contributed by atoms with Gasteiger partial charge in [-0.15, -0.1) is 0 Å². The molecule has 0 atom stereocenters. The van der Waals surface area contributed by atoms with E-state index in [1.54, 1.807) is 6.92 Å². The molecule has 0 saturated carbocycles. The highest BCUT2D eigenvalue weighted by Gasteiger charge is 2.07. The first-order valence-electron chi connectivity index (χ1n) is 2.93. The summed E-state index contributed by atoms with van der Waals surface area (Å²) < 4.78 is 25.6. The molecule has 0 aromatic carbocycles. The van der Waals surface area contributed by atoms with Crippen molar-refractivity contribution in [3.8, 4) is 0 Å². The van der Waals surface area contributed by atoms with Crippen LogP contribution in [0.15, 0.2) is 0 Å². The highest BCUT2D eigenvalue weighted by atomic mass is 32.2. The monoisotopic (exact) mass is 166 g/mol. The number of hydrogen-bond acceptors (Lipinski definition) is 4. The minimum Gasteiger partial charge on any atom is -0.303 e. The first-order chi connectivity index (χ1) is 4.62. The molecule has 0 aliphatic rings. The van der Waals surface area contributed by atoms with Crippen LogP contribution >= 0.6 is 0 Å². The maximum atomic E-state index is 10.6. The van der Waals surface area contributed by atoms with Crippen molar-refractivity contribution in [1.29, 1.82) is 0 Å². The molecule has 0 amide bonds. The fourth-order valence-electron chi connectivity index (χ4n) is 0.431. The first kappa shape index (κ1) is 9.58. The van der Waals surface area contributed by atoms with Crippen LogP contribution in [0.25, 0.3) is 0 Å². The van der Waals surface area contributed by atoms with Gasteiger partial charge in [0.25, 0.3) is 10.1 Å². The normalized spacial score (nSPS) is 11.3. The third-order valence-corrected chi connectivity index (χ3v) is 2.11. The highest BCUT2D eigenvalue weighted by molar-refractivity contribution is 7.86. The van der Waals surface area contributed by atoms with Crippen LogP contribution in [0, 0.1) is 0 Å². The quantitative estimate of drug-likeness (QED) is 0.424. The van der Waals surface area contributed by atoms with Crippen molar-refractivity contribution in [2.45, 2.75) is 13.3 Å². The van der Waals surface area contributed by atoms with Gasteiger partial charge >= 0.3 is 0 Å². The van der Waals surface area contributed by atoms with Crippen LogP contribution in [-0.2, 0) is 19.1 Å². The topological polar surface area (TPSA) is 60.4 Å². The van der Waals surface area contributed by atoms with Crippen molar-refractivity contribution in [2.75, 3.05) is 12.4 Å². The molecule has 0 unspecified atom stereocenters. The minimum absolute atomic E-state index is 0.00231. The Morgan fingerprint density at radius 1 is 1.50 bits per heavy atom. The van der Waals surface area contributed by atoms with Gasteiger partial charge in [-0.05, 0) is 6.92 Å². The number of rotatable bonds is 5. The summed E-state index contributed by atoms with van der Waals surface area (Å²) in [5.41, 5.74) is 0. The summed E-state index contributed by atoms with van der Waals surface area (Å²) in [6.07, 6.45) is 0.554. The van der Waals surface area contributed by atoms with E-state index in [4.69, 9.17) is 0 Å². The van der Waals surface area contributed by atoms with Gasteiger partial charge in [0, 0.05) is 6.42 Å². The van der Waals surface area contributed by atoms with E-state index in [0.29, 0.717) is 6.29 Å². The van der Waals surface area contributed by atoms with Crippen LogP contribution < -0.4 is 0 Å². The standard InChI is InChI=1S/C5H10O4S/c1-2-9-10(7,8)5-3-4-6/h4H,2-3,5H2,1H3. The van der Waals surface area contributed by atoms with E-state index in [1.165, 1.54) is 0 Å². The SMILES string of the molecule is CCOS(=O)(=O)CCC=O. The average Bonchev–Trinajstić information content (AvgIpc) is 1.84. The van der Waals surface area contributed by atoms with Gasteiger partial charge in [-0.1, -0.05) is 0 Å². The van der Waals surface area contributed by atoms with Crippen molar-refractivity contribution in [2.24, 2.45) is 0 Å². The predicted octanol–water partition coefficient (Wildman–Crippen LogP) is -0.0583. The maximum absolute atomic E-state index is 10.6. The molecule has 0 aromatic heterocycles. The Labute approximate surface area is 60.3 Å². The lowest BCUT2D eigenvalue weighted by Gasteiger charge is -1.98. The molecule has 0 aromatic rings. The zero-order valence-electron chi connectivity index (χ0n) is 5.74. The average molecular weight is 166 g/mol. The van der Waals surface area contributed by atoms with E-state index >= 15 is 0 Å². The van der Waals surface area contributed by atoms with E-state index in [2.05, 4.69) is 4.18 Å². The maximum Gasteiger partial charge on any atom is 0.267 e. The summed E-state index contributed by atoms with van der Waals surface area (Å²) in [7, 11) is -3.43.